The average molecular weight is 758 g/mol. The van der Waals surface area contributed by atoms with E-state index in [2.05, 4.69) is 147 Å². The lowest BCUT2D eigenvalue weighted by Gasteiger charge is -2.27. The number of likely N-dealkylation sites (N-methyl/N-ethyl adjacent to an activating group) is 1. The van der Waals surface area contributed by atoms with Gasteiger partial charge < -0.3 is 20.3 Å². The predicted molar refractivity (Wildman–Crippen MR) is 238 cm³/mol. The van der Waals surface area contributed by atoms with Crippen LogP contribution in [0.5, 0.6) is 5.75 Å². The second kappa shape index (κ2) is 15.2. The summed E-state index contributed by atoms with van der Waals surface area (Å²) in [7, 11) is 4.32. The number of carbonyl (C=O) groups excluding carboxylic acids is 1. The van der Waals surface area contributed by atoms with Crippen molar-refractivity contribution in [2.24, 2.45) is 0 Å². The van der Waals surface area contributed by atoms with Crippen LogP contribution >= 0.6 is 0 Å². The molecule has 1 aliphatic carbocycles. The second-order valence-corrected chi connectivity index (χ2v) is 17.3. The Kier molecular flexibility index (Phi) is 10.5. The molecule has 0 fully saturated rings. The Labute approximate surface area is 339 Å². The van der Waals surface area contributed by atoms with Crippen molar-refractivity contribution in [2.75, 3.05) is 24.3 Å². The minimum atomic E-state index is -0.594. The van der Waals surface area contributed by atoms with E-state index in [-0.39, 0.29) is 16.9 Å². The number of para-hydroxylation sites is 2. The first kappa shape index (κ1) is 39.4. The number of benzene rings is 4. The third-order valence-corrected chi connectivity index (χ3v) is 12.1. The molecule has 6 heteroatoms. The van der Waals surface area contributed by atoms with Gasteiger partial charge >= 0.3 is 6.03 Å². The first-order valence-electron chi connectivity index (χ1n) is 20.1. The van der Waals surface area contributed by atoms with Crippen molar-refractivity contribution in [1.82, 2.24) is 5.32 Å². The Morgan fingerprint density at radius 3 is 2.26 bits per heavy atom. The van der Waals surface area contributed by atoms with Crippen LogP contribution in [0, 0.1) is 0 Å². The highest BCUT2D eigenvalue weighted by molar-refractivity contribution is 6.03. The predicted octanol–water partition coefficient (Wildman–Crippen LogP) is 12.1. The molecular formula is C51H57N4O2+. The van der Waals surface area contributed by atoms with Crippen molar-refractivity contribution in [2.45, 2.75) is 84.1 Å². The van der Waals surface area contributed by atoms with E-state index in [4.69, 9.17) is 4.74 Å². The normalized spacial score (nSPS) is 18.6. The summed E-state index contributed by atoms with van der Waals surface area (Å²) in [6.07, 6.45) is 12.0. The van der Waals surface area contributed by atoms with Gasteiger partial charge in [-0.15, -0.1) is 0 Å². The molecule has 3 aliphatic rings. The number of carbonyl (C=O) groups is 1. The lowest BCUT2D eigenvalue weighted by Crippen LogP contribution is -2.43. The van der Waals surface area contributed by atoms with E-state index in [1.54, 1.807) is 0 Å². The number of allylic oxidation sites excluding steroid dienone is 8. The van der Waals surface area contributed by atoms with Gasteiger partial charge in [-0.1, -0.05) is 86.7 Å². The highest BCUT2D eigenvalue weighted by Crippen LogP contribution is 2.47. The number of urea groups is 1. The van der Waals surface area contributed by atoms with Crippen molar-refractivity contribution in [1.29, 1.82) is 0 Å². The highest BCUT2D eigenvalue weighted by atomic mass is 16.5. The monoisotopic (exact) mass is 757 g/mol. The van der Waals surface area contributed by atoms with Gasteiger partial charge in [-0.3, -0.25) is 0 Å². The number of hydrogen-bond acceptors (Lipinski definition) is 3. The molecule has 0 spiro atoms. The molecule has 2 N–H and O–H groups in total. The molecule has 0 bridgehead atoms. The maximum absolute atomic E-state index is 13.2. The number of nitrogens with zero attached hydrogens (tertiary/aromatic N) is 2. The Morgan fingerprint density at radius 1 is 0.860 bits per heavy atom. The standard InChI is InChI=1S/C51H56N4O2/c1-34(2)37-19-16-20-38(33-37)51(7,8)53-48(56)52-39-27-29-40(30-28-39)57-47-35(25-31-45-49(3,4)41-21-11-13-23-43(41)54(45)9)17-15-18-36(47)26-32-46-50(5,6)42-22-12-14-24-44(42)55(46)10/h11-14,16,19-33H,1,15,17-18H2,2-10H3,(H-,52,53,56)/p+1. The summed E-state index contributed by atoms with van der Waals surface area (Å²) in [4.78, 5) is 15.6. The smallest absolute Gasteiger partial charge is 0.319 e. The SMILES string of the molecule is C=C(C)c1cccc(C(C)(C)NC(=O)Nc2ccc(OC3=C(C=CC4=[N+](C)c5ccccc5C4(C)C)CCCC3=CC=C3N(C)c4ccccc4C3(C)C)cc2)c1. The quantitative estimate of drug-likeness (QED) is 0.167. The van der Waals surface area contributed by atoms with E-state index < -0.39 is 5.54 Å². The van der Waals surface area contributed by atoms with Crippen LogP contribution in [0.3, 0.4) is 0 Å². The molecule has 0 radical (unpaired) electrons. The molecule has 0 aromatic heterocycles. The van der Waals surface area contributed by atoms with Crippen LogP contribution in [0.2, 0.25) is 0 Å². The number of anilines is 2. The third kappa shape index (κ3) is 7.66. The largest absolute Gasteiger partial charge is 0.457 e. The number of rotatable bonds is 9. The number of amides is 2. The Bertz CT molecular complexity index is 2400. The van der Waals surface area contributed by atoms with E-state index in [0.717, 1.165) is 41.7 Å². The van der Waals surface area contributed by atoms with Gasteiger partial charge in [0.25, 0.3) is 0 Å². The van der Waals surface area contributed by atoms with Gasteiger partial charge in [0.2, 0.25) is 5.69 Å². The van der Waals surface area contributed by atoms with Gasteiger partial charge in [0, 0.05) is 47.2 Å². The summed E-state index contributed by atoms with van der Waals surface area (Å²) in [5, 5.41) is 6.15. The lowest BCUT2D eigenvalue weighted by atomic mass is 9.81. The number of hydrogen-bond donors (Lipinski definition) is 2. The molecule has 6 nitrogen and oxygen atoms in total. The first-order chi connectivity index (χ1) is 27.1. The van der Waals surface area contributed by atoms with Gasteiger partial charge in [0.1, 0.15) is 18.6 Å². The molecule has 2 aliphatic heterocycles. The average Bonchev–Trinajstić information content (AvgIpc) is 3.50. The zero-order chi connectivity index (χ0) is 40.7. The van der Waals surface area contributed by atoms with E-state index in [9.17, 15) is 4.79 Å². The van der Waals surface area contributed by atoms with Gasteiger partial charge in [-0.2, -0.15) is 4.58 Å². The number of ether oxygens (including phenoxy) is 1. The summed E-state index contributed by atoms with van der Waals surface area (Å²) in [5.41, 5.74) is 12.9. The van der Waals surface area contributed by atoms with Crippen LogP contribution in [0.1, 0.15) is 90.0 Å². The second-order valence-electron chi connectivity index (χ2n) is 17.3. The van der Waals surface area contributed by atoms with Crippen molar-refractivity contribution in [3.05, 3.63) is 173 Å². The van der Waals surface area contributed by atoms with Crippen LogP contribution in [0.25, 0.3) is 5.57 Å². The fourth-order valence-electron chi connectivity index (χ4n) is 8.73. The molecule has 0 atom stereocenters. The van der Waals surface area contributed by atoms with Crippen LogP contribution < -0.4 is 20.3 Å². The molecule has 7 rings (SSSR count). The molecular weight excluding hydrogens is 701 g/mol. The molecule has 0 unspecified atom stereocenters. The lowest BCUT2D eigenvalue weighted by molar-refractivity contribution is -0.401. The Hall–Kier alpha value is -5.88. The fraction of sp³-hybridized carbons (Fsp3) is 0.294. The minimum absolute atomic E-state index is 0.131. The van der Waals surface area contributed by atoms with Gasteiger partial charge in [0.15, 0.2) is 5.71 Å². The molecule has 4 aromatic carbocycles. The first-order valence-corrected chi connectivity index (χ1v) is 20.1. The molecule has 57 heavy (non-hydrogen) atoms. The highest BCUT2D eigenvalue weighted by Gasteiger charge is 2.43. The van der Waals surface area contributed by atoms with E-state index in [0.29, 0.717) is 11.4 Å². The molecule has 0 saturated carbocycles. The van der Waals surface area contributed by atoms with Crippen molar-refractivity contribution < 1.29 is 14.1 Å². The summed E-state index contributed by atoms with van der Waals surface area (Å²) in [6.45, 7) is 19.3. The molecule has 292 valence electrons. The molecule has 4 aromatic rings. The van der Waals surface area contributed by atoms with Gasteiger partial charge in [-0.05, 0) is 130 Å². The molecule has 0 saturated heterocycles. The van der Waals surface area contributed by atoms with E-state index in [1.165, 1.54) is 45.1 Å². The fourth-order valence-corrected chi connectivity index (χ4v) is 8.73. The van der Waals surface area contributed by atoms with E-state index >= 15 is 0 Å². The van der Waals surface area contributed by atoms with Crippen LogP contribution in [-0.2, 0) is 16.4 Å². The summed E-state index contributed by atoms with van der Waals surface area (Å²) >= 11 is 0. The topological polar surface area (TPSA) is 56.6 Å². The summed E-state index contributed by atoms with van der Waals surface area (Å²) in [6, 6.07) is 32.9. The number of nitrogens with one attached hydrogen (secondary N) is 2. The maximum atomic E-state index is 13.2. The van der Waals surface area contributed by atoms with Gasteiger partial charge in [0.05, 0.1) is 11.0 Å². The Morgan fingerprint density at radius 2 is 1.56 bits per heavy atom. The van der Waals surface area contributed by atoms with Crippen LogP contribution in [0.4, 0.5) is 21.9 Å². The summed E-state index contributed by atoms with van der Waals surface area (Å²) in [5.74, 6) is 1.60. The third-order valence-electron chi connectivity index (χ3n) is 12.1. The summed E-state index contributed by atoms with van der Waals surface area (Å²) < 4.78 is 9.19. The number of fused-ring (bicyclic) bond motifs is 2. The zero-order valence-corrected chi connectivity index (χ0v) is 35.1. The van der Waals surface area contributed by atoms with Crippen molar-refractivity contribution in [3.8, 4) is 5.75 Å². The van der Waals surface area contributed by atoms with Crippen molar-refractivity contribution >= 4 is 34.4 Å². The maximum Gasteiger partial charge on any atom is 0.319 e. The molecule has 2 amide bonds. The Balaban J connectivity index is 1.17. The minimum Gasteiger partial charge on any atom is -0.457 e. The molecule has 2 heterocycles. The van der Waals surface area contributed by atoms with Crippen molar-refractivity contribution in [3.63, 3.8) is 0 Å². The zero-order valence-electron chi connectivity index (χ0n) is 35.1. The van der Waals surface area contributed by atoms with Crippen LogP contribution in [0.15, 0.2) is 151 Å². The van der Waals surface area contributed by atoms with E-state index in [1.807, 2.05) is 63.2 Å². The van der Waals surface area contributed by atoms with Crippen LogP contribution in [-0.4, -0.2) is 30.4 Å². The van der Waals surface area contributed by atoms with Gasteiger partial charge in [-0.25, -0.2) is 4.79 Å².